The summed E-state index contributed by atoms with van der Waals surface area (Å²) in [6.07, 6.45) is 2.82. The first kappa shape index (κ1) is 18.8. The van der Waals surface area contributed by atoms with Crippen molar-refractivity contribution in [2.75, 3.05) is 0 Å². The van der Waals surface area contributed by atoms with E-state index in [4.69, 9.17) is 0 Å². The first-order chi connectivity index (χ1) is 12.9. The second kappa shape index (κ2) is 7.36. The molecule has 3 rings (SSSR count). The summed E-state index contributed by atoms with van der Waals surface area (Å²) in [5.41, 5.74) is 0.795. The zero-order valence-corrected chi connectivity index (χ0v) is 15.9. The number of carbonyl (C=O) groups is 1. The average Bonchev–Trinajstić information content (AvgIpc) is 3.06. The maximum Gasteiger partial charge on any atom is 0.349 e. The molecule has 0 bridgehead atoms. The summed E-state index contributed by atoms with van der Waals surface area (Å²) in [6.45, 7) is 3.69. The maximum atomic E-state index is 12.9. The molecule has 0 saturated carbocycles. The Morgan fingerprint density at radius 2 is 1.63 bits per heavy atom. The van der Waals surface area contributed by atoms with Crippen LogP contribution in [0.15, 0.2) is 76.7 Å². The molecule has 0 unspecified atom stereocenters. The van der Waals surface area contributed by atoms with E-state index < -0.39 is 27.5 Å². The molecule has 3 aromatic rings. The monoisotopic (exact) mass is 384 g/mol. The van der Waals surface area contributed by atoms with Crippen molar-refractivity contribution in [1.82, 2.24) is 8.54 Å². The number of aromatic nitrogens is 2. The number of hydrogen-bond acceptors (Lipinski definition) is 4. The van der Waals surface area contributed by atoms with Gasteiger partial charge in [-0.05, 0) is 31.0 Å². The van der Waals surface area contributed by atoms with Crippen LogP contribution in [0, 0.1) is 6.92 Å². The smallest absolute Gasteiger partial charge is 0.273 e. The van der Waals surface area contributed by atoms with Crippen LogP contribution in [0.3, 0.4) is 0 Å². The molecule has 0 fully saturated rings. The van der Waals surface area contributed by atoms with Gasteiger partial charge < -0.3 is 0 Å². The highest BCUT2D eigenvalue weighted by Crippen LogP contribution is 2.21. The van der Waals surface area contributed by atoms with E-state index in [1.54, 1.807) is 12.1 Å². The number of imidazole rings is 1. The second-order valence-corrected chi connectivity index (χ2v) is 8.09. The van der Waals surface area contributed by atoms with E-state index in [0.717, 1.165) is 21.9 Å². The molecular formula is C20H20N2O4S. The number of carbonyl (C=O) groups excluding carboxylic acids is 1. The molecule has 2 aromatic carbocycles. The van der Waals surface area contributed by atoms with Gasteiger partial charge in [-0.15, -0.1) is 0 Å². The van der Waals surface area contributed by atoms with E-state index in [1.807, 2.05) is 44.2 Å². The summed E-state index contributed by atoms with van der Waals surface area (Å²) in [4.78, 5) is 25.5. The Bertz CT molecular complexity index is 1110. The Hall–Kier alpha value is -2.93. The average molecular weight is 384 g/mol. The van der Waals surface area contributed by atoms with Crippen LogP contribution in [0.4, 0.5) is 0 Å². The topological polar surface area (TPSA) is 78.1 Å². The molecule has 1 atom stereocenters. The molecule has 0 radical (unpaired) electrons. The first-order valence-electron chi connectivity index (χ1n) is 8.57. The molecule has 7 heteroatoms. The van der Waals surface area contributed by atoms with Crippen molar-refractivity contribution in [2.24, 2.45) is 0 Å². The zero-order valence-electron chi connectivity index (χ0n) is 15.1. The molecule has 0 spiro atoms. The third-order valence-corrected chi connectivity index (χ3v) is 6.13. The van der Waals surface area contributed by atoms with Crippen LogP contribution < -0.4 is 5.69 Å². The van der Waals surface area contributed by atoms with Gasteiger partial charge in [-0.25, -0.2) is 17.8 Å². The fourth-order valence-corrected chi connectivity index (χ4v) is 4.16. The summed E-state index contributed by atoms with van der Waals surface area (Å²) >= 11 is 0. The lowest BCUT2D eigenvalue weighted by molar-refractivity contribution is 0.0870. The van der Waals surface area contributed by atoms with E-state index in [-0.39, 0.29) is 4.90 Å². The number of aryl methyl sites for hydroxylation is 1. The molecule has 1 heterocycles. The molecular weight excluding hydrogens is 364 g/mol. The molecule has 0 saturated heterocycles. The fraction of sp³-hybridized carbons (Fsp3) is 0.200. The lowest BCUT2D eigenvalue weighted by Gasteiger charge is -2.13. The highest BCUT2D eigenvalue weighted by atomic mass is 32.2. The molecule has 1 aromatic heterocycles. The van der Waals surface area contributed by atoms with Gasteiger partial charge in [0.25, 0.3) is 10.0 Å². The number of benzene rings is 2. The van der Waals surface area contributed by atoms with Gasteiger partial charge in [0, 0.05) is 12.4 Å². The Morgan fingerprint density at radius 1 is 1.00 bits per heavy atom. The summed E-state index contributed by atoms with van der Waals surface area (Å²) in [5.74, 6) is -0.978. The lowest BCUT2D eigenvalue weighted by atomic mass is 9.96. The largest absolute Gasteiger partial charge is 0.349 e. The Balaban J connectivity index is 2.01. The van der Waals surface area contributed by atoms with E-state index in [2.05, 4.69) is 0 Å². The van der Waals surface area contributed by atoms with Gasteiger partial charge in [-0.1, -0.05) is 55.0 Å². The standard InChI is InChI=1S/C20H20N2O4S/c1-3-18(16-7-5-4-6-8-16)19(23)21-13-14-22(20(21)24)27(25,26)17-11-9-15(2)10-12-17/h4-14,18H,3H2,1-2H3/t18-/m0/s1. The van der Waals surface area contributed by atoms with Crippen LogP contribution in [0.2, 0.25) is 0 Å². The van der Waals surface area contributed by atoms with Crippen LogP contribution in [0.5, 0.6) is 0 Å². The van der Waals surface area contributed by atoms with Crippen molar-refractivity contribution < 1.29 is 13.2 Å². The maximum absolute atomic E-state index is 12.9. The quantitative estimate of drug-likeness (QED) is 0.677. The molecule has 6 nitrogen and oxygen atoms in total. The highest BCUT2D eigenvalue weighted by Gasteiger charge is 2.26. The van der Waals surface area contributed by atoms with E-state index in [1.165, 1.54) is 18.3 Å². The molecule has 0 aliphatic carbocycles. The minimum absolute atomic E-state index is 0.00417. The molecule has 27 heavy (non-hydrogen) atoms. The fourth-order valence-electron chi connectivity index (χ4n) is 2.94. The van der Waals surface area contributed by atoms with Gasteiger partial charge in [0.1, 0.15) is 0 Å². The van der Waals surface area contributed by atoms with Crippen molar-refractivity contribution in [3.05, 3.63) is 88.6 Å². The van der Waals surface area contributed by atoms with E-state index >= 15 is 0 Å². The van der Waals surface area contributed by atoms with Gasteiger partial charge in [0.15, 0.2) is 0 Å². The predicted molar refractivity (Wildman–Crippen MR) is 103 cm³/mol. The molecule has 140 valence electrons. The minimum Gasteiger partial charge on any atom is -0.273 e. The highest BCUT2D eigenvalue weighted by molar-refractivity contribution is 7.90. The summed E-state index contributed by atoms with van der Waals surface area (Å²) in [5, 5.41) is 0. The minimum atomic E-state index is -4.07. The summed E-state index contributed by atoms with van der Waals surface area (Å²) in [6, 6.07) is 15.3. The Morgan fingerprint density at radius 3 is 2.22 bits per heavy atom. The van der Waals surface area contributed by atoms with E-state index in [9.17, 15) is 18.0 Å². The first-order valence-corrected chi connectivity index (χ1v) is 10.0. The van der Waals surface area contributed by atoms with Crippen molar-refractivity contribution in [1.29, 1.82) is 0 Å². The molecule has 0 N–H and O–H groups in total. The number of rotatable bonds is 5. The van der Waals surface area contributed by atoms with Crippen molar-refractivity contribution in [3.8, 4) is 0 Å². The Kier molecular flexibility index (Phi) is 5.14. The summed E-state index contributed by atoms with van der Waals surface area (Å²) < 4.78 is 27.0. The van der Waals surface area contributed by atoms with Crippen LogP contribution >= 0.6 is 0 Å². The number of hydrogen-bond donors (Lipinski definition) is 0. The number of nitrogens with zero attached hydrogens (tertiary/aromatic N) is 2. The second-order valence-electron chi connectivity index (χ2n) is 6.27. The van der Waals surface area contributed by atoms with Crippen molar-refractivity contribution in [2.45, 2.75) is 31.1 Å². The lowest BCUT2D eigenvalue weighted by Crippen LogP contribution is -2.34. The van der Waals surface area contributed by atoms with Gasteiger partial charge >= 0.3 is 5.69 Å². The normalized spacial score (nSPS) is 12.7. The Labute approximate surface area is 157 Å². The van der Waals surface area contributed by atoms with E-state index in [0.29, 0.717) is 10.4 Å². The third kappa shape index (κ3) is 3.50. The van der Waals surface area contributed by atoms with Crippen LogP contribution in [-0.2, 0) is 10.0 Å². The van der Waals surface area contributed by atoms with Crippen molar-refractivity contribution in [3.63, 3.8) is 0 Å². The van der Waals surface area contributed by atoms with Gasteiger partial charge in [0.05, 0.1) is 10.8 Å². The van der Waals surface area contributed by atoms with Crippen molar-refractivity contribution >= 4 is 15.9 Å². The van der Waals surface area contributed by atoms with Crippen LogP contribution in [-0.4, -0.2) is 22.9 Å². The molecule has 0 aliphatic rings. The third-order valence-electron chi connectivity index (χ3n) is 4.47. The SMILES string of the molecule is CC[C@H](C(=O)n1ccn(S(=O)(=O)c2ccc(C)cc2)c1=O)c1ccccc1. The summed E-state index contributed by atoms with van der Waals surface area (Å²) in [7, 11) is -4.07. The van der Waals surface area contributed by atoms with Gasteiger partial charge in [0.2, 0.25) is 5.91 Å². The predicted octanol–water partition coefficient (Wildman–Crippen LogP) is 3.03. The van der Waals surface area contributed by atoms with Crippen LogP contribution in [0.25, 0.3) is 0 Å². The molecule has 0 amide bonds. The zero-order chi connectivity index (χ0) is 19.6. The van der Waals surface area contributed by atoms with Gasteiger partial charge in [-0.2, -0.15) is 3.97 Å². The molecule has 0 aliphatic heterocycles. The van der Waals surface area contributed by atoms with Gasteiger partial charge in [-0.3, -0.25) is 4.79 Å². The van der Waals surface area contributed by atoms with Crippen LogP contribution in [0.1, 0.15) is 35.2 Å².